The maximum absolute atomic E-state index is 13.0. The van der Waals surface area contributed by atoms with E-state index in [0.717, 1.165) is 34.7 Å². The summed E-state index contributed by atoms with van der Waals surface area (Å²) >= 11 is 6.53. The van der Waals surface area contributed by atoms with Gasteiger partial charge in [0, 0.05) is 11.5 Å². The van der Waals surface area contributed by atoms with Crippen LogP contribution in [0.15, 0.2) is 65.6 Å². The molecule has 0 unspecified atom stereocenters. The van der Waals surface area contributed by atoms with Crippen molar-refractivity contribution in [2.75, 3.05) is 4.90 Å². The van der Waals surface area contributed by atoms with Crippen molar-refractivity contribution in [3.8, 4) is 5.75 Å². The number of nitro benzene ring substituents is 1. The summed E-state index contributed by atoms with van der Waals surface area (Å²) in [4.78, 5) is 25.0. The Labute approximate surface area is 169 Å². The number of thiocarbonyl (C=S) groups is 1. The van der Waals surface area contributed by atoms with Crippen LogP contribution in [0.25, 0.3) is 16.8 Å². The molecule has 1 aliphatic rings. The first-order chi connectivity index (χ1) is 13.5. The van der Waals surface area contributed by atoms with Crippen LogP contribution in [0.3, 0.4) is 0 Å². The van der Waals surface area contributed by atoms with E-state index in [1.54, 1.807) is 0 Å². The Kier molecular flexibility index (Phi) is 4.58. The Bertz CT molecular complexity index is 1180. The lowest BCUT2D eigenvalue weighted by atomic mass is 10.1. The third-order valence-electron chi connectivity index (χ3n) is 4.28. The summed E-state index contributed by atoms with van der Waals surface area (Å²) in [5.74, 6) is -0.981. The van der Waals surface area contributed by atoms with Crippen LogP contribution in [0, 0.1) is 10.1 Å². The van der Waals surface area contributed by atoms with E-state index in [0.29, 0.717) is 20.5 Å². The number of benzene rings is 3. The number of carbonyl (C=O) groups excluding carboxylic acids is 1. The molecule has 6 nitrogen and oxygen atoms in total. The van der Waals surface area contributed by atoms with Gasteiger partial charge in [-0.15, -0.1) is 0 Å². The van der Waals surface area contributed by atoms with Gasteiger partial charge in [0.05, 0.1) is 15.5 Å². The van der Waals surface area contributed by atoms with E-state index >= 15 is 0 Å². The van der Waals surface area contributed by atoms with Crippen molar-refractivity contribution in [2.45, 2.75) is 0 Å². The summed E-state index contributed by atoms with van der Waals surface area (Å²) in [7, 11) is 0. The Morgan fingerprint density at radius 2 is 1.82 bits per heavy atom. The fourth-order valence-electron chi connectivity index (χ4n) is 3.00. The van der Waals surface area contributed by atoms with Gasteiger partial charge in [-0.1, -0.05) is 72.5 Å². The van der Waals surface area contributed by atoms with E-state index < -0.39 is 16.4 Å². The van der Waals surface area contributed by atoms with E-state index in [-0.39, 0.29) is 5.91 Å². The minimum absolute atomic E-state index is 0.305. The highest BCUT2D eigenvalue weighted by atomic mass is 32.2. The number of rotatable bonds is 3. The number of hydrogen-bond donors (Lipinski definition) is 0. The molecule has 138 valence electrons. The smallest absolute Gasteiger partial charge is 0.270 e. The summed E-state index contributed by atoms with van der Waals surface area (Å²) in [6.07, 6.45) is 1.51. The van der Waals surface area contributed by atoms with Crippen LogP contribution in [0.4, 0.5) is 11.4 Å². The van der Waals surface area contributed by atoms with Gasteiger partial charge >= 0.3 is 0 Å². The molecule has 0 aliphatic carbocycles. The molecule has 1 amide bonds. The predicted octanol–water partition coefficient (Wildman–Crippen LogP) is 4.23. The van der Waals surface area contributed by atoms with E-state index in [1.807, 2.05) is 42.5 Å². The van der Waals surface area contributed by atoms with Gasteiger partial charge in [0.2, 0.25) is 0 Å². The minimum Gasteiger partial charge on any atom is -0.868 e. The third kappa shape index (κ3) is 3.12. The number of nitro groups is 1. The topological polar surface area (TPSA) is 86.5 Å². The summed E-state index contributed by atoms with van der Waals surface area (Å²) in [6, 6.07) is 17.0. The lowest BCUT2D eigenvalue weighted by Crippen LogP contribution is -2.27. The highest BCUT2D eigenvalue weighted by Crippen LogP contribution is 2.39. The zero-order valence-electron chi connectivity index (χ0n) is 14.2. The average Bonchev–Trinajstić information content (AvgIpc) is 2.96. The van der Waals surface area contributed by atoms with Crippen LogP contribution in [0.5, 0.6) is 5.75 Å². The number of nitrogens with zero attached hydrogens (tertiary/aromatic N) is 2. The van der Waals surface area contributed by atoms with Crippen molar-refractivity contribution in [2.24, 2.45) is 0 Å². The van der Waals surface area contributed by atoms with Gasteiger partial charge in [0.15, 0.2) is 4.32 Å². The first-order valence-corrected chi connectivity index (χ1v) is 9.39. The van der Waals surface area contributed by atoms with E-state index in [2.05, 4.69) is 0 Å². The molecule has 1 saturated heterocycles. The molecule has 0 aromatic heterocycles. The Balaban J connectivity index is 1.75. The van der Waals surface area contributed by atoms with E-state index in [4.69, 9.17) is 12.2 Å². The van der Waals surface area contributed by atoms with Crippen molar-refractivity contribution in [1.29, 1.82) is 0 Å². The molecule has 28 heavy (non-hydrogen) atoms. The standard InChI is InChI=1S/C20H12N2O4S2/c23-17-9-8-12(10-16(17)22(25)26)11-18-19(24)21(20(27)28-18)15-7-3-5-13-4-1-2-6-14(13)15/h1-11,23H/p-1/b18-11+. The van der Waals surface area contributed by atoms with Crippen LogP contribution >= 0.6 is 24.0 Å². The van der Waals surface area contributed by atoms with Gasteiger partial charge in [-0.25, -0.2) is 0 Å². The Morgan fingerprint density at radius 1 is 1.07 bits per heavy atom. The number of fused-ring (bicyclic) bond motifs is 1. The molecule has 0 bridgehead atoms. The zero-order chi connectivity index (χ0) is 19.8. The van der Waals surface area contributed by atoms with Crippen molar-refractivity contribution in [3.05, 3.63) is 81.2 Å². The Hall–Kier alpha value is -3.23. The number of anilines is 1. The number of carbonyl (C=O) groups is 1. The average molecular weight is 407 g/mol. The van der Waals surface area contributed by atoms with Crippen LogP contribution in [-0.2, 0) is 4.79 Å². The molecule has 1 fully saturated rings. The highest BCUT2D eigenvalue weighted by Gasteiger charge is 2.34. The van der Waals surface area contributed by atoms with Gasteiger partial charge in [0.1, 0.15) is 0 Å². The van der Waals surface area contributed by atoms with Gasteiger partial charge < -0.3 is 5.11 Å². The second-order valence-corrected chi connectivity index (χ2v) is 7.68. The van der Waals surface area contributed by atoms with Crippen molar-refractivity contribution < 1.29 is 14.8 Å². The van der Waals surface area contributed by atoms with Gasteiger partial charge in [-0.3, -0.25) is 19.8 Å². The number of hydrogen-bond acceptors (Lipinski definition) is 6. The van der Waals surface area contributed by atoms with Gasteiger partial charge in [0.25, 0.3) is 11.6 Å². The molecular weight excluding hydrogens is 396 g/mol. The van der Waals surface area contributed by atoms with Gasteiger partial charge in [-0.2, -0.15) is 0 Å². The van der Waals surface area contributed by atoms with Gasteiger partial charge in [-0.05, 0) is 28.8 Å². The van der Waals surface area contributed by atoms with Crippen LogP contribution < -0.4 is 10.0 Å². The monoisotopic (exact) mass is 407 g/mol. The normalized spacial score (nSPS) is 15.6. The highest BCUT2D eigenvalue weighted by molar-refractivity contribution is 8.27. The van der Waals surface area contributed by atoms with Crippen LogP contribution in [0.2, 0.25) is 0 Å². The molecule has 0 spiro atoms. The van der Waals surface area contributed by atoms with Crippen molar-refractivity contribution >= 4 is 62.4 Å². The summed E-state index contributed by atoms with van der Waals surface area (Å²) in [5.41, 5.74) is 0.549. The zero-order valence-corrected chi connectivity index (χ0v) is 15.8. The maximum Gasteiger partial charge on any atom is 0.270 e. The quantitative estimate of drug-likeness (QED) is 0.280. The molecule has 1 aliphatic heterocycles. The summed E-state index contributed by atoms with van der Waals surface area (Å²) < 4.78 is 0.377. The van der Waals surface area contributed by atoms with E-state index in [1.165, 1.54) is 17.0 Å². The maximum atomic E-state index is 13.0. The first kappa shape index (κ1) is 18.1. The SMILES string of the molecule is O=C1/C(=C\c2ccc([O-])c([N+](=O)[O-])c2)SC(=S)N1c1cccc2ccccc12. The van der Waals surface area contributed by atoms with Crippen LogP contribution in [-0.4, -0.2) is 15.2 Å². The lowest BCUT2D eigenvalue weighted by molar-refractivity contribution is -0.398. The summed E-state index contributed by atoms with van der Waals surface area (Å²) in [6.45, 7) is 0. The third-order valence-corrected chi connectivity index (χ3v) is 5.58. The fourth-order valence-corrected chi connectivity index (χ4v) is 4.28. The largest absolute Gasteiger partial charge is 0.868 e. The second-order valence-electron chi connectivity index (χ2n) is 6.00. The molecule has 0 saturated carbocycles. The van der Waals surface area contributed by atoms with Crippen molar-refractivity contribution in [1.82, 2.24) is 0 Å². The molecule has 0 atom stereocenters. The molecule has 8 heteroatoms. The lowest BCUT2D eigenvalue weighted by Gasteiger charge is -2.17. The summed E-state index contributed by atoms with van der Waals surface area (Å²) in [5, 5.41) is 24.4. The second kappa shape index (κ2) is 7.06. The molecule has 0 radical (unpaired) electrons. The molecule has 4 rings (SSSR count). The number of amides is 1. The molecule has 0 N–H and O–H groups in total. The first-order valence-electron chi connectivity index (χ1n) is 8.17. The predicted molar refractivity (Wildman–Crippen MR) is 112 cm³/mol. The molecule has 1 heterocycles. The fraction of sp³-hybridized carbons (Fsp3) is 0. The van der Waals surface area contributed by atoms with E-state index in [9.17, 15) is 20.0 Å². The molecule has 3 aromatic rings. The molecule has 3 aromatic carbocycles. The number of thioether (sulfide) groups is 1. The Morgan fingerprint density at radius 3 is 2.61 bits per heavy atom. The molecular formula is C20H11N2O4S2-. The minimum atomic E-state index is -0.735. The van der Waals surface area contributed by atoms with Crippen LogP contribution in [0.1, 0.15) is 5.56 Å². The van der Waals surface area contributed by atoms with Crippen molar-refractivity contribution in [3.63, 3.8) is 0 Å².